The highest BCUT2D eigenvalue weighted by Crippen LogP contribution is 2.25. The summed E-state index contributed by atoms with van der Waals surface area (Å²) in [6.45, 7) is 4.81. The number of hydrogen-bond acceptors (Lipinski definition) is 4. The van der Waals surface area contributed by atoms with Gasteiger partial charge in [0.1, 0.15) is 0 Å². The number of nitrogens with zero attached hydrogens (tertiary/aromatic N) is 1. The van der Waals surface area contributed by atoms with Crippen LogP contribution >= 0.6 is 11.8 Å². The maximum Gasteiger partial charge on any atom is 0.310 e. The van der Waals surface area contributed by atoms with Crippen molar-refractivity contribution < 1.29 is 9.66 Å². The summed E-state index contributed by atoms with van der Waals surface area (Å²) in [6.07, 6.45) is 0.898. The third kappa shape index (κ3) is 5.08. The van der Waals surface area contributed by atoms with Crippen molar-refractivity contribution in [3.63, 3.8) is 0 Å². The molecule has 5 heteroatoms. The summed E-state index contributed by atoms with van der Waals surface area (Å²) in [5.74, 6) is 1.37. The predicted molar refractivity (Wildman–Crippen MR) is 70.8 cm³/mol. The number of nitro benzene ring substituents is 1. The van der Waals surface area contributed by atoms with Gasteiger partial charge in [0, 0.05) is 6.07 Å². The molecule has 4 nitrogen and oxygen atoms in total. The summed E-state index contributed by atoms with van der Waals surface area (Å²) in [5, 5.41) is 11.3. The van der Waals surface area contributed by atoms with Crippen LogP contribution in [0.4, 0.5) is 5.69 Å². The first-order valence-corrected chi connectivity index (χ1v) is 6.64. The molecule has 0 atom stereocenters. The third-order valence-electron chi connectivity index (χ3n) is 2.06. The molecule has 0 bridgehead atoms. The first-order valence-electron chi connectivity index (χ1n) is 5.59. The number of hydrogen-bond donors (Lipinski definition) is 0. The van der Waals surface area contributed by atoms with Gasteiger partial charge in [-0.1, -0.05) is 26.0 Å². The Morgan fingerprint density at radius 1 is 1.41 bits per heavy atom. The van der Waals surface area contributed by atoms with Gasteiger partial charge in [-0.3, -0.25) is 10.1 Å². The van der Waals surface area contributed by atoms with Gasteiger partial charge in [0.2, 0.25) is 0 Å². The zero-order valence-corrected chi connectivity index (χ0v) is 10.9. The third-order valence-corrected chi connectivity index (χ3v) is 3.25. The van der Waals surface area contributed by atoms with Crippen molar-refractivity contribution in [3.8, 4) is 5.75 Å². The molecule has 1 rings (SSSR count). The highest BCUT2D eigenvalue weighted by molar-refractivity contribution is 7.99. The van der Waals surface area contributed by atoms with Gasteiger partial charge in [-0.25, -0.2) is 0 Å². The van der Waals surface area contributed by atoms with Crippen molar-refractivity contribution in [2.45, 2.75) is 25.5 Å². The van der Waals surface area contributed by atoms with E-state index in [0.717, 1.165) is 12.2 Å². The minimum Gasteiger partial charge on any atom is -0.487 e. The van der Waals surface area contributed by atoms with Crippen LogP contribution in [0.3, 0.4) is 0 Å². The molecular formula is C12H17NO3S. The molecule has 0 heterocycles. The summed E-state index contributed by atoms with van der Waals surface area (Å²) in [6, 6.07) is 6.47. The number of para-hydroxylation sites is 2. The number of benzene rings is 1. The van der Waals surface area contributed by atoms with Crippen molar-refractivity contribution >= 4 is 17.4 Å². The Morgan fingerprint density at radius 3 is 2.76 bits per heavy atom. The van der Waals surface area contributed by atoms with E-state index in [-0.39, 0.29) is 5.69 Å². The topological polar surface area (TPSA) is 52.4 Å². The monoisotopic (exact) mass is 255 g/mol. The van der Waals surface area contributed by atoms with E-state index in [1.807, 2.05) is 11.8 Å². The maximum atomic E-state index is 10.7. The quantitative estimate of drug-likeness (QED) is 0.425. The molecule has 0 radical (unpaired) electrons. The second-order valence-corrected chi connectivity index (χ2v) is 5.53. The van der Waals surface area contributed by atoms with Gasteiger partial charge < -0.3 is 4.74 Å². The van der Waals surface area contributed by atoms with E-state index < -0.39 is 4.92 Å². The highest BCUT2D eigenvalue weighted by atomic mass is 32.2. The van der Waals surface area contributed by atoms with Crippen LogP contribution in [-0.4, -0.2) is 22.5 Å². The first-order chi connectivity index (χ1) is 8.11. The fourth-order valence-corrected chi connectivity index (χ4v) is 2.05. The molecule has 0 aromatic heterocycles. The zero-order chi connectivity index (χ0) is 12.7. The lowest BCUT2D eigenvalue weighted by Gasteiger charge is -2.07. The molecule has 0 amide bonds. The van der Waals surface area contributed by atoms with Gasteiger partial charge in [0.15, 0.2) is 5.75 Å². The average molecular weight is 255 g/mol. The normalized spacial score (nSPS) is 10.5. The van der Waals surface area contributed by atoms with Gasteiger partial charge in [-0.05, 0) is 23.5 Å². The van der Waals surface area contributed by atoms with Crippen molar-refractivity contribution in [2.24, 2.45) is 0 Å². The van der Waals surface area contributed by atoms with Crippen LogP contribution in [0.2, 0.25) is 0 Å². The molecular weight excluding hydrogens is 238 g/mol. The molecule has 0 N–H and O–H groups in total. The zero-order valence-electron chi connectivity index (χ0n) is 10.1. The van der Waals surface area contributed by atoms with Gasteiger partial charge in [-0.2, -0.15) is 11.8 Å². The number of nitro groups is 1. The maximum absolute atomic E-state index is 10.7. The Kier molecular flexibility index (Phi) is 5.83. The van der Waals surface area contributed by atoms with Crippen molar-refractivity contribution in [1.29, 1.82) is 0 Å². The van der Waals surface area contributed by atoms with Crippen LogP contribution in [0.5, 0.6) is 5.75 Å². The number of ether oxygens (including phenoxy) is 1. The smallest absolute Gasteiger partial charge is 0.310 e. The molecule has 1 aromatic carbocycles. The summed E-state index contributed by atoms with van der Waals surface area (Å²) in [7, 11) is 0. The average Bonchev–Trinajstić information content (AvgIpc) is 2.28. The lowest BCUT2D eigenvalue weighted by atomic mass is 10.3. The van der Waals surface area contributed by atoms with Crippen LogP contribution in [0.15, 0.2) is 24.3 Å². The van der Waals surface area contributed by atoms with E-state index in [4.69, 9.17) is 4.74 Å². The van der Waals surface area contributed by atoms with E-state index in [1.54, 1.807) is 18.2 Å². The summed E-state index contributed by atoms with van der Waals surface area (Å²) < 4.78 is 5.43. The van der Waals surface area contributed by atoms with Gasteiger partial charge in [-0.15, -0.1) is 0 Å². The Balaban J connectivity index is 2.39. The number of rotatable bonds is 7. The van der Waals surface area contributed by atoms with E-state index in [9.17, 15) is 10.1 Å². The van der Waals surface area contributed by atoms with Gasteiger partial charge >= 0.3 is 5.69 Å². The second-order valence-electron chi connectivity index (χ2n) is 3.85. The molecule has 0 aliphatic rings. The lowest BCUT2D eigenvalue weighted by Crippen LogP contribution is -2.02. The van der Waals surface area contributed by atoms with E-state index in [0.29, 0.717) is 17.6 Å². The van der Waals surface area contributed by atoms with Crippen molar-refractivity contribution in [1.82, 2.24) is 0 Å². The van der Waals surface area contributed by atoms with E-state index in [2.05, 4.69) is 13.8 Å². The van der Waals surface area contributed by atoms with Crippen LogP contribution in [0.25, 0.3) is 0 Å². The molecule has 0 saturated heterocycles. The predicted octanol–water partition coefficient (Wildman–Crippen LogP) is 3.51. The molecule has 1 aromatic rings. The molecule has 0 unspecified atom stereocenters. The largest absolute Gasteiger partial charge is 0.487 e. The van der Waals surface area contributed by atoms with E-state index >= 15 is 0 Å². The van der Waals surface area contributed by atoms with Crippen molar-refractivity contribution in [2.75, 3.05) is 12.4 Å². The highest BCUT2D eigenvalue weighted by Gasteiger charge is 2.12. The van der Waals surface area contributed by atoms with E-state index in [1.165, 1.54) is 6.07 Å². The van der Waals surface area contributed by atoms with Gasteiger partial charge in [0.05, 0.1) is 11.5 Å². The summed E-state index contributed by atoms with van der Waals surface area (Å²) in [5.41, 5.74) is 0.0315. The SMILES string of the molecule is CC(C)SCCCOc1ccccc1[N+](=O)[O-]. The van der Waals surface area contributed by atoms with Crippen LogP contribution in [0, 0.1) is 10.1 Å². The standard InChI is InChI=1S/C12H17NO3S/c1-10(2)17-9-5-8-16-12-7-4-3-6-11(12)13(14)15/h3-4,6-7,10H,5,8-9H2,1-2H3. The van der Waals surface area contributed by atoms with Crippen molar-refractivity contribution in [3.05, 3.63) is 34.4 Å². The molecule has 0 aliphatic heterocycles. The van der Waals surface area contributed by atoms with Gasteiger partial charge in [0.25, 0.3) is 0 Å². The first kappa shape index (κ1) is 13.8. The van der Waals surface area contributed by atoms with Crippen LogP contribution in [0.1, 0.15) is 20.3 Å². The molecule has 17 heavy (non-hydrogen) atoms. The summed E-state index contributed by atoms with van der Waals surface area (Å²) in [4.78, 5) is 10.3. The second kappa shape index (κ2) is 7.17. The Morgan fingerprint density at radius 2 is 2.12 bits per heavy atom. The molecule has 0 fully saturated rings. The molecule has 0 aliphatic carbocycles. The lowest BCUT2D eigenvalue weighted by molar-refractivity contribution is -0.385. The molecule has 0 spiro atoms. The minimum atomic E-state index is -0.418. The molecule has 0 saturated carbocycles. The van der Waals surface area contributed by atoms with Crippen LogP contribution in [-0.2, 0) is 0 Å². The fraction of sp³-hybridized carbons (Fsp3) is 0.500. The Labute approximate surface area is 106 Å². The fourth-order valence-electron chi connectivity index (χ4n) is 1.29. The minimum absolute atomic E-state index is 0.0315. The van der Waals surface area contributed by atoms with Crippen LogP contribution < -0.4 is 4.74 Å². The molecule has 94 valence electrons. The summed E-state index contributed by atoms with van der Waals surface area (Å²) >= 11 is 1.86. The Hall–Kier alpha value is -1.23. The number of thioether (sulfide) groups is 1. The Bertz CT molecular complexity index is 369.